The van der Waals surface area contributed by atoms with Gasteiger partial charge in [0.1, 0.15) is 5.82 Å². The fraction of sp³-hybridized carbons (Fsp3) is 0.368. The summed E-state index contributed by atoms with van der Waals surface area (Å²) in [5.41, 5.74) is 2.74. The summed E-state index contributed by atoms with van der Waals surface area (Å²) in [6.45, 7) is 6.32. The smallest absolute Gasteiger partial charge is 0.367 e. The Hall–Kier alpha value is -2.24. The number of alkyl halides is 3. The molecule has 0 saturated heterocycles. The first-order valence-corrected chi connectivity index (χ1v) is 8.19. The molecule has 0 radical (unpaired) electrons. The molecule has 0 atom stereocenters. The van der Waals surface area contributed by atoms with Gasteiger partial charge < -0.3 is 9.47 Å². The average Bonchev–Trinajstić information content (AvgIpc) is 2.83. The van der Waals surface area contributed by atoms with Gasteiger partial charge in [0.15, 0.2) is 0 Å². The molecule has 1 aromatic carbocycles. The molecule has 1 aromatic heterocycles. The van der Waals surface area contributed by atoms with E-state index in [0.29, 0.717) is 25.2 Å². The molecule has 0 fully saturated rings. The molecule has 2 heterocycles. The fourth-order valence-corrected chi connectivity index (χ4v) is 3.47. The van der Waals surface area contributed by atoms with Crippen molar-refractivity contribution in [1.29, 1.82) is 0 Å². The molecule has 3 rings (SSSR count). The first kappa shape index (κ1) is 17.6. The lowest BCUT2D eigenvalue weighted by atomic mass is 10.0. The molecule has 1 aliphatic rings. The van der Waals surface area contributed by atoms with Crippen LogP contribution in [0, 0.1) is 5.82 Å². The zero-order chi connectivity index (χ0) is 18.4. The van der Waals surface area contributed by atoms with E-state index in [0.717, 1.165) is 28.2 Å². The monoisotopic (exact) mass is 352 g/mol. The summed E-state index contributed by atoms with van der Waals surface area (Å²) in [5, 5.41) is 0.811. The fourth-order valence-electron chi connectivity index (χ4n) is 3.47. The Bertz CT molecular complexity index is 858. The molecule has 1 aliphatic heterocycles. The van der Waals surface area contributed by atoms with Crippen LogP contribution in [0.15, 0.2) is 42.1 Å². The van der Waals surface area contributed by atoms with E-state index in [9.17, 15) is 17.6 Å². The van der Waals surface area contributed by atoms with E-state index in [-0.39, 0.29) is 12.2 Å². The van der Waals surface area contributed by atoms with Crippen LogP contribution in [-0.2, 0) is 20.0 Å². The molecule has 6 heteroatoms. The zero-order valence-corrected chi connectivity index (χ0v) is 14.3. The molecule has 0 bridgehead atoms. The predicted molar refractivity (Wildman–Crippen MR) is 90.6 cm³/mol. The molecule has 2 aromatic rings. The van der Waals surface area contributed by atoms with Crippen LogP contribution in [0.3, 0.4) is 0 Å². The van der Waals surface area contributed by atoms with Gasteiger partial charge in [-0.3, -0.25) is 0 Å². The lowest BCUT2D eigenvalue weighted by molar-refractivity contribution is -0.0936. The number of hydrogen-bond acceptors (Lipinski definition) is 1. The summed E-state index contributed by atoms with van der Waals surface area (Å²) < 4.78 is 54.6. The molecule has 134 valence electrons. The quantitative estimate of drug-likeness (QED) is 0.552. The van der Waals surface area contributed by atoms with Gasteiger partial charge in [0.2, 0.25) is 0 Å². The van der Waals surface area contributed by atoms with E-state index in [1.165, 1.54) is 19.1 Å². The number of hydrogen-bond donors (Lipinski definition) is 0. The van der Waals surface area contributed by atoms with E-state index in [1.807, 2.05) is 16.5 Å². The number of nitrogens with zero attached hydrogens (tertiary/aromatic N) is 2. The van der Waals surface area contributed by atoms with Crippen molar-refractivity contribution in [3.63, 3.8) is 0 Å². The van der Waals surface area contributed by atoms with Crippen molar-refractivity contribution in [2.75, 3.05) is 6.54 Å². The van der Waals surface area contributed by atoms with Gasteiger partial charge in [-0.1, -0.05) is 13.5 Å². The summed E-state index contributed by atoms with van der Waals surface area (Å²) in [5.74, 6) is -0.318. The Morgan fingerprint density at radius 3 is 2.68 bits per heavy atom. The normalized spacial score (nSPS) is 15.6. The van der Waals surface area contributed by atoms with Gasteiger partial charge in [0.25, 0.3) is 0 Å². The van der Waals surface area contributed by atoms with Crippen LogP contribution >= 0.6 is 0 Å². The summed E-state index contributed by atoms with van der Waals surface area (Å²) in [4.78, 5) is 1.83. The Balaban J connectivity index is 1.94. The lowest BCUT2D eigenvalue weighted by Gasteiger charge is -2.30. The SMILES string of the molecule is C=C(/C=C(\CC)C(F)(F)F)N1CCc2c(c3cc(F)ccc3n2C)C1. The van der Waals surface area contributed by atoms with Gasteiger partial charge in [-0.2, -0.15) is 13.2 Å². The highest BCUT2D eigenvalue weighted by atomic mass is 19.4. The van der Waals surface area contributed by atoms with Crippen molar-refractivity contribution in [2.24, 2.45) is 7.05 Å². The highest BCUT2D eigenvalue weighted by Gasteiger charge is 2.32. The highest BCUT2D eigenvalue weighted by molar-refractivity contribution is 5.85. The molecule has 0 unspecified atom stereocenters. The van der Waals surface area contributed by atoms with Crippen LogP contribution in [0.4, 0.5) is 17.6 Å². The standard InChI is InChI=1S/C19H20F4N2/c1-4-13(19(21,22)23)9-12(2)25-8-7-18-16(11-25)15-10-14(20)5-6-17(15)24(18)3/h5-6,9-10H,2,4,7-8,11H2,1,3H3/b13-9+. The maximum atomic E-state index is 13.6. The van der Waals surface area contributed by atoms with Crippen molar-refractivity contribution < 1.29 is 17.6 Å². The molecule has 0 N–H and O–H groups in total. The molecular formula is C19H20F4N2. The lowest BCUT2D eigenvalue weighted by Crippen LogP contribution is -2.30. The molecule has 0 amide bonds. The van der Waals surface area contributed by atoms with Gasteiger partial charge in [-0.25, -0.2) is 4.39 Å². The van der Waals surface area contributed by atoms with E-state index in [1.54, 1.807) is 6.07 Å². The van der Waals surface area contributed by atoms with Crippen LogP contribution in [0.1, 0.15) is 24.6 Å². The van der Waals surface area contributed by atoms with Crippen molar-refractivity contribution in [3.05, 3.63) is 59.2 Å². The summed E-state index contributed by atoms with van der Waals surface area (Å²) in [6, 6.07) is 4.65. The molecule has 25 heavy (non-hydrogen) atoms. The number of benzene rings is 1. The van der Waals surface area contributed by atoms with Crippen LogP contribution in [0.2, 0.25) is 0 Å². The summed E-state index contributed by atoms with van der Waals surface area (Å²) >= 11 is 0. The minimum atomic E-state index is -4.35. The minimum Gasteiger partial charge on any atom is -0.367 e. The van der Waals surface area contributed by atoms with Gasteiger partial charge in [0.05, 0.1) is 0 Å². The molecule has 0 spiro atoms. The summed E-state index contributed by atoms with van der Waals surface area (Å²) in [6.07, 6.45) is -2.64. The van der Waals surface area contributed by atoms with E-state index in [2.05, 4.69) is 6.58 Å². The number of aromatic nitrogens is 1. The van der Waals surface area contributed by atoms with Crippen molar-refractivity contribution >= 4 is 10.9 Å². The van der Waals surface area contributed by atoms with Gasteiger partial charge in [0, 0.05) is 60.0 Å². The second-order valence-corrected chi connectivity index (χ2v) is 6.33. The second kappa shape index (κ2) is 6.24. The Morgan fingerprint density at radius 1 is 1.32 bits per heavy atom. The van der Waals surface area contributed by atoms with Crippen molar-refractivity contribution in [3.8, 4) is 0 Å². The van der Waals surface area contributed by atoms with Gasteiger partial charge >= 0.3 is 6.18 Å². The average molecular weight is 352 g/mol. The first-order chi connectivity index (χ1) is 11.7. The van der Waals surface area contributed by atoms with E-state index in [4.69, 9.17) is 0 Å². The molecule has 0 aliphatic carbocycles. The van der Waals surface area contributed by atoms with Gasteiger partial charge in [-0.05, 0) is 30.7 Å². The van der Waals surface area contributed by atoms with E-state index < -0.39 is 11.7 Å². The second-order valence-electron chi connectivity index (χ2n) is 6.33. The maximum Gasteiger partial charge on any atom is 0.412 e. The van der Waals surface area contributed by atoms with Crippen LogP contribution < -0.4 is 0 Å². The third-order valence-corrected chi connectivity index (χ3v) is 4.86. The third-order valence-electron chi connectivity index (χ3n) is 4.86. The van der Waals surface area contributed by atoms with E-state index >= 15 is 0 Å². The Kier molecular flexibility index (Phi) is 4.39. The van der Waals surface area contributed by atoms with Crippen molar-refractivity contribution in [1.82, 2.24) is 9.47 Å². The predicted octanol–water partition coefficient (Wildman–Crippen LogP) is 5.09. The third kappa shape index (κ3) is 3.17. The van der Waals surface area contributed by atoms with Gasteiger partial charge in [-0.15, -0.1) is 0 Å². The largest absolute Gasteiger partial charge is 0.412 e. The van der Waals surface area contributed by atoms with Crippen LogP contribution in [0.5, 0.6) is 0 Å². The molecular weight excluding hydrogens is 332 g/mol. The number of allylic oxidation sites excluding steroid dienone is 2. The Morgan fingerprint density at radius 2 is 2.04 bits per heavy atom. The number of fused-ring (bicyclic) bond motifs is 3. The first-order valence-electron chi connectivity index (χ1n) is 8.19. The van der Waals surface area contributed by atoms with Crippen LogP contribution in [-0.4, -0.2) is 22.2 Å². The number of rotatable bonds is 3. The van der Waals surface area contributed by atoms with Crippen molar-refractivity contribution in [2.45, 2.75) is 32.5 Å². The number of aryl methyl sites for hydroxylation is 1. The zero-order valence-electron chi connectivity index (χ0n) is 14.3. The minimum absolute atomic E-state index is 0.0961. The highest BCUT2D eigenvalue weighted by Crippen LogP contribution is 2.33. The Labute approximate surface area is 144 Å². The van der Waals surface area contributed by atoms with Crippen LogP contribution in [0.25, 0.3) is 10.9 Å². The summed E-state index contributed by atoms with van der Waals surface area (Å²) in [7, 11) is 1.93. The maximum absolute atomic E-state index is 13.6. The molecule has 0 saturated carbocycles. The topological polar surface area (TPSA) is 8.17 Å². The number of halogens is 4. The molecule has 2 nitrogen and oxygen atoms in total.